The molecule has 1 fully saturated rings. The second kappa shape index (κ2) is 7.91. The van der Waals surface area contributed by atoms with Crippen molar-refractivity contribution in [2.45, 2.75) is 0 Å². The zero-order chi connectivity index (χ0) is 20.4. The molecule has 0 atom stereocenters. The standard InChI is InChI=1S/C19H15NO6S2/c1-25-13-7-10(8-14(26-2)16(13)21)9-15-17(22)20(19(27)28-15)12-5-3-11(4-6-12)18(23)24/h3-9,21H,1-2H3,(H,23,24)/b15-9-. The molecule has 0 saturated carbocycles. The first-order valence-corrected chi connectivity index (χ1v) is 9.14. The third-order valence-electron chi connectivity index (χ3n) is 3.97. The summed E-state index contributed by atoms with van der Waals surface area (Å²) in [5.41, 5.74) is 1.19. The Bertz CT molecular complexity index is 975. The summed E-state index contributed by atoms with van der Waals surface area (Å²) < 4.78 is 10.6. The van der Waals surface area contributed by atoms with Crippen LogP contribution in [0.5, 0.6) is 17.2 Å². The second-order valence-electron chi connectivity index (χ2n) is 5.64. The first-order valence-electron chi connectivity index (χ1n) is 7.92. The normalized spacial score (nSPS) is 15.2. The number of carboxylic acid groups (broad SMARTS) is 1. The molecule has 28 heavy (non-hydrogen) atoms. The monoisotopic (exact) mass is 417 g/mol. The highest BCUT2D eigenvalue weighted by molar-refractivity contribution is 8.27. The summed E-state index contributed by atoms with van der Waals surface area (Å²) in [4.78, 5) is 25.5. The number of phenolic OH excluding ortho intramolecular Hbond substituents is 1. The van der Waals surface area contributed by atoms with Gasteiger partial charge < -0.3 is 19.7 Å². The molecule has 1 aliphatic heterocycles. The number of hydrogen-bond donors (Lipinski definition) is 2. The zero-order valence-electron chi connectivity index (χ0n) is 14.8. The van der Waals surface area contributed by atoms with Crippen LogP contribution in [0.3, 0.4) is 0 Å². The zero-order valence-corrected chi connectivity index (χ0v) is 16.5. The van der Waals surface area contributed by atoms with Crippen LogP contribution >= 0.6 is 24.0 Å². The summed E-state index contributed by atoms with van der Waals surface area (Å²) in [7, 11) is 2.83. The minimum Gasteiger partial charge on any atom is -0.502 e. The fraction of sp³-hybridized carbons (Fsp3) is 0.105. The van der Waals surface area contributed by atoms with Gasteiger partial charge in [-0.2, -0.15) is 0 Å². The summed E-state index contributed by atoms with van der Waals surface area (Å²) in [5, 5.41) is 19.0. The fourth-order valence-electron chi connectivity index (χ4n) is 2.59. The van der Waals surface area contributed by atoms with Gasteiger partial charge in [0, 0.05) is 0 Å². The van der Waals surface area contributed by atoms with Crippen molar-refractivity contribution < 1.29 is 29.3 Å². The van der Waals surface area contributed by atoms with Crippen molar-refractivity contribution in [1.29, 1.82) is 0 Å². The van der Waals surface area contributed by atoms with Crippen LogP contribution in [-0.4, -0.2) is 40.6 Å². The molecular formula is C19H15NO6S2. The average molecular weight is 417 g/mol. The number of aromatic hydroxyl groups is 1. The van der Waals surface area contributed by atoms with Crippen LogP contribution < -0.4 is 14.4 Å². The number of carboxylic acids is 1. The van der Waals surface area contributed by atoms with Gasteiger partial charge in [-0.25, -0.2) is 4.79 Å². The van der Waals surface area contributed by atoms with E-state index in [1.54, 1.807) is 18.2 Å². The molecule has 1 saturated heterocycles. The fourth-order valence-corrected chi connectivity index (χ4v) is 3.89. The molecule has 144 valence electrons. The van der Waals surface area contributed by atoms with Crippen molar-refractivity contribution in [1.82, 2.24) is 0 Å². The lowest BCUT2D eigenvalue weighted by molar-refractivity contribution is -0.113. The number of amides is 1. The molecule has 1 amide bonds. The van der Waals surface area contributed by atoms with Crippen molar-refractivity contribution in [2.75, 3.05) is 19.1 Å². The number of thiocarbonyl (C=S) groups is 1. The second-order valence-corrected chi connectivity index (χ2v) is 7.32. The molecule has 0 spiro atoms. The molecule has 9 heteroatoms. The summed E-state index contributed by atoms with van der Waals surface area (Å²) >= 11 is 6.44. The maximum absolute atomic E-state index is 12.8. The highest BCUT2D eigenvalue weighted by Gasteiger charge is 2.33. The van der Waals surface area contributed by atoms with Gasteiger partial charge in [0.15, 0.2) is 15.8 Å². The summed E-state index contributed by atoms with van der Waals surface area (Å²) in [6, 6.07) is 9.04. The molecule has 2 aromatic carbocycles. The van der Waals surface area contributed by atoms with E-state index in [0.29, 0.717) is 20.5 Å². The lowest BCUT2D eigenvalue weighted by Crippen LogP contribution is -2.27. The van der Waals surface area contributed by atoms with Gasteiger partial charge in [-0.3, -0.25) is 9.69 Å². The summed E-state index contributed by atoms with van der Waals surface area (Å²) in [6.45, 7) is 0. The van der Waals surface area contributed by atoms with Crippen molar-refractivity contribution >= 4 is 51.9 Å². The van der Waals surface area contributed by atoms with E-state index >= 15 is 0 Å². The number of hydrogen-bond acceptors (Lipinski definition) is 7. The van der Waals surface area contributed by atoms with Gasteiger partial charge in [0.1, 0.15) is 0 Å². The predicted molar refractivity (Wildman–Crippen MR) is 110 cm³/mol. The number of methoxy groups -OCH3 is 2. The van der Waals surface area contributed by atoms with E-state index in [1.165, 1.54) is 43.4 Å². The number of anilines is 1. The largest absolute Gasteiger partial charge is 0.502 e. The molecule has 7 nitrogen and oxygen atoms in total. The number of ether oxygens (including phenoxy) is 2. The lowest BCUT2D eigenvalue weighted by Gasteiger charge is -2.14. The summed E-state index contributed by atoms with van der Waals surface area (Å²) in [5.74, 6) is -1.08. The van der Waals surface area contributed by atoms with Crippen LogP contribution in [-0.2, 0) is 4.79 Å². The summed E-state index contributed by atoms with van der Waals surface area (Å²) in [6.07, 6.45) is 1.62. The van der Waals surface area contributed by atoms with Gasteiger partial charge in [0.25, 0.3) is 5.91 Å². The van der Waals surface area contributed by atoms with Gasteiger partial charge in [-0.1, -0.05) is 24.0 Å². The molecule has 3 rings (SSSR count). The first kappa shape index (κ1) is 19.7. The Morgan fingerprint density at radius 1 is 1.14 bits per heavy atom. The van der Waals surface area contributed by atoms with Gasteiger partial charge >= 0.3 is 5.97 Å². The van der Waals surface area contributed by atoms with Crippen LogP contribution in [0.15, 0.2) is 41.3 Å². The van der Waals surface area contributed by atoms with Crippen molar-refractivity contribution in [3.05, 3.63) is 52.4 Å². The Balaban J connectivity index is 1.94. The molecule has 0 unspecified atom stereocenters. The molecular weight excluding hydrogens is 402 g/mol. The number of carbonyl (C=O) groups is 2. The van der Waals surface area contributed by atoms with Crippen LogP contribution in [0.4, 0.5) is 5.69 Å². The number of carbonyl (C=O) groups excluding carboxylic acids is 1. The van der Waals surface area contributed by atoms with Gasteiger partial charge in [-0.15, -0.1) is 0 Å². The molecule has 2 aromatic rings. The molecule has 0 aliphatic carbocycles. The van der Waals surface area contributed by atoms with Crippen LogP contribution in [0, 0.1) is 0 Å². The van der Waals surface area contributed by atoms with Crippen LogP contribution in [0.1, 0.15) is 15.9 Å². The first-order chi connectivity index (χ1) is 13.3. The Morgan fingerprint density at radius 3 is 2.21 bits per heavy atom. The van der Waals surface area contributed by atoms with E-state index < -0.39 is 5.97 Å². The topological polar surface area (TPSA) is 96.3 Å². The highest BCUT2D eigenvalue weighted by atomic mass is 32.2. The third-order valence-corrected chi connectivity index (χ3v) is 5.27. The van der Waals surface area contributed by atoms with Gasteiger partial charge in [0.05, 0.1) is 30.4 Å². The number of benzene rings is 2. The van der Waals surface area contributed by atoms with E-state index in [4.69, 9.17) is 26.8 Å². The van der Waals surface area contributed by atoms with E-state index in [2.05, 4.69) is 0 Å². The van der Waals surface area contributed by atoms with Gasteiger partial charge in [0.2, 0.25) is 5.75 Å². The molecule has 1 heterocycles. The van der Waals surface area contributed by atoms with E-state index in [-0.39, 0.29) is 28.7 Å². The number of thioether (sulfide) groups is 1. The Morgan fingerprint density at radius 2 is 1.71 bits per heavy atom. The van der Waals surface area contributed by atoms with Crippen molar-refractivity contribution in [3.63, 3.8) is 0 Å². The van der Waals surface area contributed by atoms with Gasteiger partial charge in [-0.05, 0) is 48.0 Å². The van der Waals surface area contributed by atoms with Crippen molar-refractivity contribution in [3.8, 4) is 17.2 Å². The Hall–Kier alpha value is -3.04. The highest BCUT2D eigenvalue weighted by Crippen LogP contribution is 2.40. The van der Waals surface area contributed by atoms with E-state index in [0.717, 1.165) is 11.8 Å². The van der Waals surface area contributed by atoms with E-state index in [1.807, 2.05) is 0 Å². The maximum atomic E-state index is 12.8. The smallest absolute Gasteiger partial charge is 0.335 e. The molecule has 0 aromatic heterocycles. The van der Waals surface area contributed by atoms with Crippen LogP contribution in [0.25, 0.3) is 6.08 Å². The maximum Gasteiger partial charge on any atom is 0.335 e. The molecule has 0 radical (unpaired) electrons. The molecule has 2 N–H and O–H groups in total. The number of nitrogens with zero attached hydrogens (tertiary/aromatic N) is 1. The Kier molecular flexibility index (Phi) is 5.57. The molecule has 0 bridgehead atoms. The Labute approximate surface area is 170 Å². The minimum absolute atomic E-state index is 0.119. The van der Waals surface area contributed by atoms with Crippen molar-refractivity contribution in [2.24, 2.45) is 0 Å². The minimum atomic E-state index is -1.05. The van der Waals surface area contributed by atoms with Crippen LogP contribution in [0.2, 0.25) is 0 Å². The average Bonchev–Trinajstić information content (AvgIpc) is 2.96. The number of rotatable bonds is 5. The number of aromatic carboxylic acids is 1. The predicted octanol–water partition coefficient (Wildman–Crippen LogP) is 3.51. The lowest BCUT2D eigenvalue weighted by atomic mass is 10.1. The molecule has 1 aliphatic rings. The SMILES string of the molecule is COc1cc(/C=C2\SC(=S)N(c3ccc(C(=O)O)cc3)C2=O)cc(OC)c1O. The quantitative estimate of drug-likeness (QED) is 0.564. The third kappa shape index (κ3) is 3.67. The van der Waals surface area contributed by atoms with E-state index in [9.17, 15) is 14.7 Å². The number of phenols is 1.